The van der Waals surface area contributed by atoms with E-state index in [0.29, 0.717) is 11.6 Å². The van der Waals surface area contributed by atoms with E-state index in [-0.39, 0.29) is 18.4 Å². The summed E-state index contributed by atoms with van der Waals surface area (Å²) in [4.78, 5) is 17.8. The third-order valence-corrected chi connectivity index (χ3v) is 2.75. The molecule has 1 atom stereocenters. The van der Waals surface area contributed by atoms with Gasteiger partial charge in [0, 0.05) is 19.1 Å². The molecule has 0 saturated carbocycles. The summed E-state index contributed by atoms with van der Waals surface area (Å²) in [5, 5.41) is 0.604. The summed E-state index contributed by atoms with van der Waals surface area (Å²) < 4.78 is 4.97. The Balaban J connectivity index is 2.92. The lowest BCUT2D eigenvalue weighted by molar-refractivity contribution is -0.143. The average molecular weight is 283 g/mol. The molecule has 1 aromatic carbocycles. The Hall–Kier alpha value is -1.55. The summed E-state index contributed by atoms with van der Waals surface area (Å²) in [7, 11) is 3.75. The van der Waals surface area contributed by atoms with Gasteiger partial charge in [0.25, 0.3) is 0 Å². The van der Waals surface area contributed by atoms with Crippen molar-refractivity contribution in [1.82, 2.24) is 4.90 Å². The molecule has 0 spiro atoms. The van der Waals surface area contributed by atoms with E-state index in [1.165, 1.54) is 0 Å². The number of nitrogens with zero attached hydrogens (tertiary/aromatic N) is 2. The van der Waals surface area contributed by atoms with Gasteiger partial charge < -0.3 is 9.64 Å². The van der Waals surface area contributed by atoms with Crippen LogP contribution < -0.4 is 0 Å². The Morgan fingerprint density at radius 2 is 2.16 bits per heavy atom. The lowest BCUT2D eigenvalue weighted by atomic mass is 10.0. The predicted octanol–water partition coefficient (Wildman–Crippen LogP) is 2.92. The van der Waals surface area contributed by atoms with E-state index in [9.17, 15) is 4.79 Å². The first-order valence-electron chi connectivity index (χ1n) is 6.14. The molecule has 0 N–H and O–H groups in total. The fraction of sp³-hybridized carbons (Fsp3) is 0.429. The topological polar surface area (TPSA) is 41.9 Å². The van der Waals surface area contributed by atoms with Crippen LogP contribution in [0.3, 0.4) is 0 Å². The van der Waals surface area contributed by atoms with Gasteiger partial charge >= 0.3 is 5.97 Å². The zero-order valence-electron chi connectivity index (χ0n) is 11.5. The van der Waals surface area contributed by atoms with Crippen LogP contribution in [0.15, 0.2) is 29.3 Å². The minimum Gasteiger partial charge on any atom is -0.466 e. The van der Waals surface area contributed by atoms with Gasteiger partial charge in [0.1, 0.15) is 0 Å². The van der Waals surface area contributed by atoms with Gasteiger partial charge in [-0.1, -0.05) is 29.8 Å². The summed E-state index contributed by atoms with van der Waals surface area (Å²) in [6.07, 6.45) is 1.86. The van der Waals surface area contributed by atoms with Crippen molar-refractivity contribution in [3.63, 3.8) is 0 Å². The number of carbonyl (C=O) groups is 1. The molecule has 0 amide bonds. The second kappa shape index (κ2) is 7.79. The lowest BCUT2D eigenvalue weighted by Crippen LogP contribution is -2.13. The smallest absolute Gasteiger partial charge is 0.308 e. The van der Waals surface area contributed by atoms with Gasteiger partial charge in [-0.3, -0.25) is 9.79 Å². The van der Waals surface area contributed by atoms with E-state index in [1.54, 1.807) is 19.3 Å². The molecule has 1 rings (SSSR count). The second-order valence-corrected chi connectivity index (χ2v) is 4.68. The Bertz CT molecular complexity index is 447. The Labute approximate surface area is 119 Å². The molecule has 1 unspecified atom stereocenters. The van der Waals surface area contributed by atoms with Gasteiger partial charge in [0.2, 0.25) is 0 Å². The molecule has 4 nitrogen and oxygen atoms in total. The van der Waals surface area contributed by atoms with Crippen molar-refractivity contribution in [2.75, 3.05) is 20.7 Å². The first-order valence-corrected chi connectivity index (χ1v) is 6.52. The molecule has 5 heteroatoms. The highest BCUT2D eigenvalue weighted by Crippen LogP contribution is 2.28. The molecular formula is C14H19ClN2O2. The third-order valence-electron chi connectivity index (χ3n) is 2.41. The lowest BCUT2D eigenvalue weighted by Gasteiger charge is -2.15. The average Bonchev–Trinajstić information content (AvgIpc) is 2.35. The Kier molecular flexibility index (Phi) is 6.36. The predicted molar refractivity (Wildman–Crippen MR) is 77.6 cm³/mol. The largest absolute Gasteiger partial charge is 0.466 e. The third kappa shape index (κ3) is 5.30. The van der Waals surface area contributed by atoms with Crippen LogP contribution in [-0.2, 0) is 9.53 Å². The van der Waals surface area contributed by atoms with Crippen molar-refractivity contribution >= 4 is 23.9 Å². The molecule has 0 aliphatic rings. The highest BCUT2D eigenvalue weighted by molar-refractivity contribution is 6.31. The van der Waals surface area contributed by atoms with Crippen molar-refractivity contribution < 1.29 is 9.53 Å². The summed E-state index contributed by atoms with van der Waals surface area (Å²) in [5.41, 5.74) is 0.829. The minimum absolute atomic E-state index is 0.182. The van der Waals surface area contributed by atoms with Gasteiger partial charge in [-0.15, -0.1) is 0 Å². The van der Waals surface area contributed by atoms with E-state index < -0.39 is 0 Å². The molecule has 19 heavy (non-hydrogen) atoms. The first kappa shape index (κ1) is 15.5. The molecule has 1 aromatic rings. The molecule has 0 bridgehead atoms. The van der Waals surface area contributed by atoms with Crippen molar-refractivity contribution in [2.24, 2.45) is 4.99 Å². The van der Waals surface area contributed by atoms with Gasteiger partial charge in [0.15, 0.2) is 0 Å². The van der Waals surface area contributed by atoms with Gasteiger partial charge in [-0.2, -0.15) is 0 Å². The zero-order chi connectivity index (χ0) is 14.3. The number of aliphatic imine (C=N–C) groups is 1. The van der Waals surface area contributed by atoms with Gasteiger partial charge in [-0.25, -0.2) is 0 Å². The number of carbonyl (C=O) groups excluding carboxylic acids is 1. The Morgan fingerprint density at radius 3 is 2.74 bits per heavy atom. The minimum atomic E-state index is -0.324. The summed E-state index contributed by atoms with van der Waals surface area (Å²) in [5.74, 6) is -0.275. The first-order chi connectivity index (χ1) is 9.04. The highest BCUT2D eigenvalue weighted by atomic mass is 35.5. The standard InChI is InChI=1S/C14H19ClN2O2/c1-4-19-14(18)9-13(16-10-17(2)3)11-7-5-6-8-12(11)15/h5-8,10,13H,4,9H2,1-3H3. The maximum atomic E-state index is 11.6. The van der Waals surface area contributed by atoms with Crippen LogP contribution in [0.2, 0.25) is 5.02 Å². The van der Waals surface area contributed by atoms with Crippen LogP contribution in [0.25, 0.3) is 0 Å². The number of esters is 1. The van der Waals surface area contributed by atoms with Crippen molar-refractivity contribution in [1.29, 1.82) is 0 Å². The van der Waals surface area contributed by atoms with E-state index in [0.717, 1.165) is 5.56 Å². The molecule has 0 aliphatic heterocycles. The molecule has 0 saturated heterocycles. The molecule has 0 radical (unpaired) electrons. The van der Waals surface area contributed by atoms with Crippen LogP contribution >= 0.6 is 11.6 Å². The van der Waals surface area contributed by atoms with Crippen molar-refractivity contribution in [3.8, 4) is 0 Å². The SMILES string of the molecule is CCOC(=O)CC(N=CN(C)C)c1ccccc1Cl. The number of benzene rings is 1. The Morgan fingerprint density at radius 1 is 1.47 bits per heavy atom. The number of ether oxygens (including phenoxy) is 1. The van der Waals surface area contributed by atoms with Crippen LogP contribution in [0.5, 0.6) is 0 Å². The van der Waals surface area contributed by atoms with Gasteiger partial charge in [-0.05, 0) is 18.6 Å². The van der Waals surface area contributed by atoms with E-state index in [2.05, 4.69) is 4.99 Å². The number of rotatable bonds is 6. The van der Waals surface area contributed by atoms with E-state index in [1.807, 2.05) is 37.2 Å². The fourth-order valence-corrected chi connectivity index (χ4v) is 1.84. The molecule has 0 heterocycles. The number of hydrogen-bond acceptors (Lipinski definition) is 3. The maximum absolute atomic E-state index is 11.6. The van der Waals surface area contributed by atoms with Crippen LogP contribution in [0.4, 0.5) is 0 Å². The maximum Gasteiger partial charge on any atom is 0.308 e. The molecular weight excluding hydrogens is 264 g/mol. The fourth-order valence-electron chi connectivity index (χ4n) is 1.58. The highest BCUT2D eigenvalue weighted by Gasteiger charge is 2.17. The van der Waals surface area contributed by atoms with Crippen LogP contribution in [0, 0.1) is 0 Å². The quantitative estimate of drug-likeness (QED) is 0.458. The van der Waals surface area contributed by atoms with Crippen molar-refractivity contribution in [2.45, 2.75) is 19.4 Å². The van der Waals surface area contributed by atoms with E-state index >= 15 is 0 Å². The van der Waals surface area contributed by atoms with E-state index in [4.69, 9.17) is 16.3 Å². The van der Waals surface area contributed by atoms with Gasteiger partial charge in [0.05, 0.1) is 25.4 Å². The zero-order valence-corrected chi connectivity index (χ0v) is 12.2. The molecule has 0 aliphatic carbocycles. The molecule has 0 aromatic heterocycles. The van der Waals surface area contributed by atoms with Crippen molar-refractivity contribution in [3.05, 3.63) is 34.9 Å². The molecule has 104 valence electrons. The molecule has 0 fully saturated rings. The summed E-state index contributed by atoms with van der Waals surface area (Å²) in [6.45, 7) is 2.15. The number of hydrogen-bond donors (Lipinski definition) is 0. The normalized spacial score (nSPS) is 12.4. The number of halogens is 1. The van der Waals surface area contributed by atoms with Crippen LogP contribution in [0.1, 0.15) is 24.9 Å². The summed E-state index contributed by atoms with van der Waals surface area (Å²) >= 11 is 6.16. The summed E-state index contributed by atoms with van der Waals surface area (Å²) in [6, 6.07) is 7.07. The monoisotopic (exact) mass is 282 g/mol. The van der Waals surface area contributed by atoms with Crippen LogP contribution in [-0.4, -0.2) is 37.9 Å². The second-order valence-electron chi connectivity index (χ2n) is 4.27.